The van der Waals surface area contributed by atoms with Gasteiger partial charge in [0.25, 0.3) is 0 Å². The van der Waals surface area contributed by atoms with Crippen molar-refractivity contribution in [3.8, 4) is 6.07 Å². The van der Waals surface area contributed by atoms with Gasteiger partial charge in [-0.2, -0.15) is 5.26 Å². The second kappa shape index (κ2) is 5.99. The highest BCUT2D eigenvalue weighted by Gasteiger charge is 2.01. The third-order valence-electron chi connectivity index (χ3n) is 2.30. The van der Waals surface area contributed by atoms with Crippen LogP contribution in [0.25, 0.3) is 0 Å². The van der Waals surface area contributed by atoms with E-state index in [0.717, 1.165) is 11.3 Å². The Kier molecular flexibility index (Phi) is 4.62. The number of nitrogens with two attached hydrogens (primary N) is 1. The number of nitrogen functional groups attached to an aromatic ring is 1. The third kappa shape index (κ3) is 3.79. The number of hydrogen-bond donors (Lipinski definition) is 3. The van der Waals surface area contributed by atoms with Crippen molar-refractivity contribution in [3.63, 3.8) is 0 Å². The molecule has 4 nitrogen and oxygen atoms in total. The summed E-state index contributed by atoms with van der Waals surface area (Å²) in [5.74, 6) is 0. The zero-order valence-corrected chi connectivity index (χ0v) is 9.40. The minimum Gasteiger partial charge on any atom is -0.398 e. The molecule has 1 rings (SSSR count). The van der Waals surface area contributed by atoms with Gasteiger partial charge in [0.1, 0.15) is 0 Å². The van der Waals surface area contributed by atoms with Gasteiger partial charge in [0.2, 0.25) is 0 Å². The van der Waals surface area contributed by atoms with Gasteiger partial charge in [0, 0.05) is 17.9 Å². The number of aliphatic hydroxyl groups excluding tert-OH is 1. The number of nitrogens with one attached hydrogen (secondary N) is 1. The van der Waals surface area contributed by atoms with E-state index in [2.05, 4.69) is 11.4 Å². The lowest BCUT2D eigenvalue weighted by Crippen LogP contribution is -2.10. The van der Waals surface area contributed by atoms with Crippen molar-refractivity contribution < 1.29 is 5.11 Å². The first-order valence-electron chi connectivity index (χ1n) is 5.30. The van der Waals surface area contributed by atoms with Gasteiger partial charge in [-0.1, -0.05) is 0 Å². The Morgan fingerprint density at radius 3 is 2.94 bits per heavy atom. The van der Waals surface area contributed by atoms with E-state index in [9.17, 15) is 0 Å². The topological polar surface area (TPSA) is 82.1 Å². The third-order valence-corrected chi connectivity index (χ3v) is 2.30. The van der Waals surface area contributed by atoms with E-state index >= 15 is 0 Å². The van der Waals surface area contributed by atoms with Crippen LogP contribution < -0.4 is 11.1 Å². The molecular weight excluding hydrogens is 202 g/mol. The molecule has 0 aromatic heterocycles. The van der Waals surface area contributed by atoms with Crippen LogP contribution in [0.4, 0.5) is 11.4 Å². The van der Waals surface area contributed by atoms with Gasteiger partial charge in [0.05, 0.1) is 18.6 Å². The zero-order valence-electron chi connectivity index (χ0n) is 9.40. The average Bonchev–Trinajstić information content (AvgIpc) is 2.22. The highest BCUT2D eigenvalue weighted by atomic mass is 16.3. The Morgan fingerprint density at radius 1 is 1.56 bits per heavy atom. The van der Waals surface area contributed by atoms with Crippen LogP contribution >= 0.6 is 0 Å². The van der Waals surface area contributed by atoms with Crippen molar-refractivity contribution >= 4 is 11.4 Å². The van der Waals surface area contributed by atoms with Crippen LogP contribution in [0.2, 0.25) is 0 Å². The van der Waals surface area contributed by atoms with Crippen LogP contribution in [0, 0.1) is 11.3 Å². The minimum absolute atomic E-state index is 0.306. The molecule has 16 heavy (non-hydrogen) atoms. The molecular formula is C12H17N3O. The molecule has 0 saturated carbocycles. The molecule has 0 spiro atoms. The van der Waals surface area contributed by atoms with E-state index in [-0.39, 0.29) is 6.10 Å². The van der Waals surface area contributed by atoms with E-state index in [4.69, 9.17) is 16.1 Å². The number of anilines is 2. The predicted octanol–water partition coefficient (Wildman–Crippen LogP) is 1.52. The summed E-state index contributed by atoms with van der Waals surface area (Å²) >= 11 is 0. The molecule has 0 fully saturated rings. The SMILES string of the molecule is CC(O)CCNc1ccc(N)c(CC#N)c1. The summed E-state index contributed by atoms with van der Waals surface area (Å²) in [6.45, 7) is 2.46. The fourth-order valence-corrected chi connectivity index (χ4v) is 1.38. The predicted molar refractivity (Wildman–Crippen MR) is 65.0 cm³/mol. The maximum atomic E-state index is 9.11. The molecule has 0 amide bonds. The second-order valence-corrected chi connectivity index (χ2v) is 3.81. The van der Waals surface area contributed by atoms with Crippen molar-refractivity contribution in [3.05, 3.63) is 23.8 Å². The van der Waals surface area contributed by atoms with Crippen LogP contribution in [0.5, 0.6) is 0 Å². The van der Waals surface area contributed by atoms with Crippen LogP contribution in [0.1, 0.15) is 18.9 Å². The first kappa shape index (κ1) is 12.3. The van der Waals surface area contributed by atoms with Crippen molar-refractivity contribution in [1.82, 2.24) is 0 Å². The molecule has 1 aromatic rings. The Morgan fingerprint density at radius 2 is 2.31 bits per heavy atom. The first-order chi connectivity index (χ1) is 7.63. The summed E-state index contributed by atoms with van der Waals surface area (Å²) in [4.78, 5) is 0. The molecule has 1 unspecified atom stereocenters. The van der Waals surface area contributed by atoms with Crippen LogP contribution in [-0.2, 0) is 6.42 Å². The molecule has 0 bridgehead atoms. The summed E-state index contributed by atoms with van der Waals surface area (Å²) < 4.78 is 0. The van der Waals surface area contributed by atoms with Gasteiger partial charge in [-0.15, -0.1) is 0 Å². The molecule has 86 valence electrons. The Bertz CT molecular complexity index is 382. The molecule has 0 radical (unpaired) electrons. The quantitative estimate of drug-likeness (QED) is 0.656. The number of hydrogen-bond acceptors (Lipinski definition) is 4. The molecule has 4 heteroatoms. The largest absolute Gasteiger partial charge is 0.398 e. The van der Waals surface area contributed by atoms with Gasteiger partial charge < -0.3 is 16.2 Å². The molecule has 0 aliphatic heterocycles. The monoisotopic (exact) mass is 219 g/mol. The van der Waals surface area contributed by atoms with E-state index in [1.165, 1.54) is 0 Å². The van der Waals surface area contributed by atoms with E-state index in [0.29, 0.717) is 25.1 Å². The van der Waals surface area contributed by atoms with E-state index in [1.54, 1.807) is 13.0 Å². The molecule has 0 heterocycles. The van der Waals surface area contributed by atoms with Crippen LogP contribution in [0.3, 0.4) is 0 Å². The average molecular weight is 219 g/mol. The minimum atomic E-state index is -0.306. The number of aliphatic hydroxyl groups is 1. The van der Waals surface area contributed by atoms with Crippen molar-refractivity contribution in [2.45, 2.75) is 25.9 Å². The summed E-state index contributed by atoms with van der Waals surface area (Å²) in [6.07, 6.45) is 0.704. The van der Waals surface area contributed by atoms with E-state index in [1.807, 2.05) is 12.1 Å². The Hall–Kier alpha value is -1.73. The molecule has 0 saturated heterocycles. The highest BCUT2D eigenvalue weighted by molar-refractivity contribution is 5.57. The lowest BCUT2D eigenvalue weighted by Gasteiger charge is -2.10. The Balaban J connectivity index is 2.61. The van der Waals surface area contributed by atoms with Crippen molar-refractivity contribution in [1.29, 1.82) is 5.26 Å². The number of benzene rings is 1. The molecule has 1 aromatic carbocycles. The number of nitriles is 1. The molecule has 0 aliphatic rings. The summed E-state index contributed by atoms with van der Waals surface area (Å²) in [7, 11) is 0. The second-order valence-electron chi connectivity index (χ2n) is 3.81. The molecule has 1 atom stereocenters. The van der Waals surface area contributed by atoms with Crippen LogP contribution in [-0.4, -0.2) is 17.8 Å². The fraction of sp³-hybridized carbons (Fsp3) is 0.417. The fourth-order valence-electron chi connectivity index (χ4n) is 1.38. The lowest BCUT2D eigenvalue weighted by molar-refractivity contribution is 0.189. The standard InChI is InChI=1S/C12H17N3O/c1-9(16)5-7-15-11-2-3-12(14)10(8-11)4-6-13/h2-3,8-9,15-16H,4-5,7,14H2,1H3. The number of rotatable bonds is 5. The van der Waals surface area contributed by atoms with Gasteiger partial charge in [-0.3, -0.25) is 0 Å². The van der Waals surface area contributed by atoms with E-state index < -0.39 is 0 Å². The molecule has 4 N–H and O–H groups in total. The van der Waals surface area contributed by atoms with Gasteiger partial charge in [-0.05, 0) is 37.1 Å². The smallest absolute Gasteiger partial charge is 0.0670 e. The summed E-state index contributed by atoms with van der Waals surface area (Å²) in [5, 5.41) is 20.9. The number of nitrogens with zero attached hydrogens (tertiary/aromatic N) is 1. The maximum Gasteiger partial charge on any atom is 0.0670 e. The van der Waals surface area contributed by atoms with Crippen molar-refractivity contribution in [2.75, 3.05) is 17.6 Å². The van der Waals surface area contributed by atoms with Crippen LogP contribution in [0.15, 0.2) is 18.2 Å². The lowest BCUT2D eigenvalue weighted by atomic mass is 10.1. The first-order valence-corrected chi connectivity index (χ1v) is 5.30. The van der Waals surface area contributed by atoms with Gasteiger partial charge in [-0.25, -0.2) is 0 Å². The maximum absolute atomic E-state index is 9.11. The summed E-state index contributed by atoms with van der Waals surface area (Å²) in [5.41, 5.74) is 8.14. The zero-order chi connectivity index (χ0) is 12.0. The normalized spacial score (nSPS) is 11.8. The Labute approximate surface area is 95.7 Å². The summed E-state index contributed by atoms with van der Waals surface area (Å²) in [6, 6.07) is 7.62. The van der Waals surface area contributed by atoms with Gasteiger partial charge in [0.15, 0.2) is 0 Å². The molecule has 0 aliphatic carbocycles. The van der Waals surface area contributed by atoms with Crippen molar-refractivity contribution in [2.24, 2.45) is 0 Å². The highest BCUT2D eigenvalue weighted by Crippen LogP contribution is 2.18. The van der Waals surface area contributed by atoms with Gasteiger partial charge >= 0.3 is 0 Å².